The minimum atomic E-state index is -4.47. The first kappa shape index (κ1) is 16.5. The Morgan fingerprint density at radius 3 is 2.35 bits per heavy atom. The number of halogens is 3. The third-order valence-corrected chi connectivity index (χ3v) is 2.66. The molecule has 1 heterocycles. The van der Waals surface area contributed by atoms with Gasteiger partial charge < -0.3 is 5.32 Å². The van der Waals surface area contributed by atoms with Gasteiger partial charge >= 0.3 is 6.18 Å². The maximum absolute atomic E-state index is 12.5. The van der Waals surface area contributed by atoms with Crippen molar-refractivity contribution in [3.05, 3.63) is 17.5 Å². The maximum atomic E-state index is 12.5. The standard InChI is InChI=1S/C13H20F3N3O/c1-8(11(20)17-12(3,4)5)7-19-9(2)6-10(18-19)13(14,15)16/h6,8H,7H2,1-5H3,(H,17,20). The van der Waals surface area contributed by atoms with Gasteiger partial charge in [-0.1, -0.05) is 6.92 Å². The lowest BCUT2D eigenvalue weighted by Crippen LogP contribution is -2.44. The van der Waals surface area contributed by atoms with Gasteiger partial charge in [0.1, 0.15) is 0 Å². The van der Waals surface area contributed by atoms with Crippen molar-refractivity contribution in [2.24, 2.45) is 5.92 Å². The predicted octanol–water partition coefficient (Wildman–Crippen LogP) is 2.76. The fraction of sp³-hybridized carbons (Fsp3) is 0.692. The van der Waals surface area contributed by atoms with E-state index in [1.807, 2.05) is 20.8 Å². The van der Waals surface area contributed by atoms with Crippen LogP contribution in [0.1, 0.15) is 39.1 Å². The molecule has 0 fully saturated rings. The van der Waals surface area contributed by atoms with Gasteiger partial charge in [-0.15, -0.1) is 0 Å². The zero-order valence-corrected chi connectivity index (χ0v) is 12.3. The normalized spacial score (nSPS) is 14.2. The topological polar surface area (TPSA) is 46.9 Å². The van der Waals surface area contributed by atoms with Gasteiger partial charge in [-0.05, 0) is 33.8 Å². The summed E-state index contributed by atoms with van der Waals surface area (Å²) in [5.41, 5.74) is -0.923. The summed E-state index contributed by atoms with van der Waals surface area (Å²) in [4.78, 5) is 11.9. The van der Waals surface area contributed by atoms with Crippen LogP contribution < -0.4 is 5.32 Å². The van der Waals surface area contributed by atoms with Crippen molar-refractivity contribution in [2.45, 2.75) is 52.9 Å². The van der Waals surface area contributed by atoms with E-state index in [-0.39, 0.29) is 18.0 Å². The summed E-state index contributed by atoms with van der Waals surface area (Å²) in [6.45, 7) is 8.85. The molecule has 0 bridgehead atoms. The summed E-state index contributed by atoms with van der Waals surface area (Å²) in [6, 6.07) is 0.981. The Labute approximate surface area is 116 Å². The highest BCUT2D eigenvalue weighted by molar-refractivity contribution is 5.78. The van der Waals surface area contributed by atoms with Gasteiger partial charge in [-0.3, -0.25) is 9.48 Å². The van der Waals surface area contributed by atoms with Crippen LogP contribution in [0.5, 0.6) is 0 Å². The number of aromatic nitrogens is 2. The molecule has 1 rings (SSSR count). The van der Waals surface area contributed by atoms with Crippen LogP contribution in [-0.2, 0) is 17.5 Å². The van der Waals surface area contributed by atoms with E-state index in [0.717, 1.165) is 6.07 Å². The molecule has 0 aliphatic heterocycles. The fourth-order valence-corrected chi connectivity index (χ4v) is 1.67. The number of carbonyl (C=O) groups is 1. The number of aryl methyl sites for hydroxylation is 1. The molecule has 0 aliphatic rings. The Morgan fingerprint density at radius 1 is 1.40 bits per heavy atom. The van der Waals surface area contributed by atoms with E-state index in [1.54, 1.807) is 6.92 Å². The third-order valence-electron chi connectivity index (χ3n) is 2.66. The quantitative estimate of drug-likeness (QED) is 0.931. The highest BCUT2D eigenvalue weighted by Gasteiger charge is 2.34. The van der Waals surface area contributed by atoms with Gasteiger partial charge in [0.15, 0.2) is 5.69 Å². The van der Waals surface area contributed by atoms with E-state index in [9.17, 15) is 18.0 Å². The van der Waals surface area contributed by atoms with Gasteiger partial charge in [0.05, 0.1) is 12.5 Å². The molecule has 1 amide bonds. The molecule has 0 aliphatic carbocycles. The van der Waals surface area contributed by atoms with Crippen LogP contribution in [0.25, 0.3) is 0 Å². The number of alkyl halides is 3. The fourth-order valence-electron chi connectivity index (χ4n) is 1.67. The van der Waals surface area contributed by atoms with Crippen LogP contribution in [0, 0.1) is 12.8 Å². The average Bonchev–Trinajstić information content (AvgIpc) is 2.57. The molecule has 1 atom stereocenters. The first-order valence-electron chi connectivity index (χ1n) is 6.34. The number of hydrogen-bond donors (Lipinski definition) is 1. The molecule has 114 valence electrons. The number of rotatable bonds is 3. The lowest BCUT2D eigenvalue weighted by molar-refractivity contribution is -0.141. The van der Waals surface area contributed by atoms with E-state index in [0.29, 0.717) is 5.69 Å². The van der Waals surface area contributed by atoms with Crippen molar-refractivity contribution in [1.82, 2.24) is 15.1 Å². The van der Waals surface area contributed by atoms with Crippen molar-refractivity contribution in [2.75, 3.05) is 0 Å². The second-order valence-corrected chi connectivity index (χ2v) is 5.99. The Hall–Kier alpha value is -1.53. The van der Waals surface area contributed by atoms with Gasteiger partial charge in [-0.25, -0.2) is 0 Å². The average molecular weight is 291 g/mol. The second-order valence-electron chi connectivity index (χ2n) is 5.99. The van der Waals surface area contributed by atoms with Crippen molar-refractivity contribution in [3.8, 4) is 0 Å². The first-order chi connectivity index (χ1) is 8.90. The molecule has 0 saturated carbocycles. The zero-order chi connectivity index (χ0) is 15.7. The number of nitrogens with zero attached hydrogens (tertiary/aromatic N) is 2. The monoisotopic (exact) mass is 291 g/mol. The van der Waals surface area contributed by atoms with Crippen LogP contribution >= 0.6 is 0 Å². The molecular formula is C13H20F3N3O. The van der Waals surface area contributed by atoms with Crippen LogP contribution in [-0.4, -0.2) is 21.2 Å². The van der Waals surface area contributed by atoms with Crippen molar-refractivity contribution < 1.29 is 18.0 Å². The molecule has 0 saturated heterocycles. The molecule has 1 unspecified atom stereocenters. The lowest BCUT2D eigenvalue weighted by Gasteiger charge is -2.23. The van der Waals surface area contributed by atoms with E-state index < -0.39 is 17.8 Å². The largest absolute Gasteiger partial charge is 0.435 e. The van der Waals surface area contributed by atoms with Crippen LogP contribution in [0.4, 0.5) is 13.2 Å². The van der Waals surface area contributed by atoms with E-state index in [1.165, 1.54) is 11.6 Å². The van der Waals surface area contributed by atoms with Crippen LogP contribution in [0.15, 0.2) is 6.07 Å². The summed E-state index contributed by atoms with van der Waals surface area (Å²) >= 11 is 0. The minimum absolute atomic E-state index is 0.115. The van der Waals surface area contributed by atoms with Gasteiger partial charge in [0, 0.05) is 11.2 Å². The number of carbonyl (C=O) groups excluding carboxylic acids is 1. The summed E-state index contributed by atoms with van der Waals surface area (Å²) in [6.07, 6.45) is -4.47. The number of hydrogen-bond acceptors (Lipinski definition) is 2. The maximum Gasteiger partial charge on any atom is 0.435 e. The Morgan fingerprint density at radius 2 is 1.95 bits per heavy atom. The lowest BCUT2D eigenvalue weighted by atomic mass is 10.1. The van der Waals surface area contributed by atoms with Gasteiger partial charge in [-0.2, -0.15) is 18.3 Å². The van der Waals surface area contributed by atoms with E-state index >= 15 is 0 Å². The second kappa shape index (κ2) is 5.46. The molecule has 20 heavy (non-hydrogen) atoms. The highest BCUT2D eigenvalue weighted by atomic mass is 19.4. The first-order valence-corrected chi connectivity index (χ1v) is 6.34. The molecule has 1 N–H and O–H groups in total. The van der Waals surface area contributed by atoms with Crippen LogP contribution in [0.3, 0.4) is 0 Å². The third kappa shape index (κ3) is 4.54. The van der Waals surface area contributed by atoms with Crippen molar-refractivity contribution >= 4 is 5.91 Å². The molecule has 0 aromatic carbocycles. The minimum Gasteiger partial charge on any atom is -0.351 e. The smallest absolute Gasteiger partial charge is 0.351 e. The Kier molecular flexibility index (Phi) is 4.51. The number of nitrogens with one attached hydrogen (secondary N) is 1. The Balaban J connectivity index is 2.79. The molecule has 4 nitrogen and oxygen atoms in total. The molecule has 0 radical (unpaired) electrons. The molecule has 1 aromatic rings. The van der Waals surface area contributed by atoms with Crippen LogP contribution in [0.2, 0.25) is 0 Å². The highest BCUT2D eigenvalue weighted by Crippen LogP contribution is 2.28. The summed E-state index contributed by atoms with van der Waals surface area (Å²) in [5, 5.41) is 6.30. The van der Waals surface area contributed by atoms with E-state index in [4.69, 9.17) is 0 Å². The molecule has 0 spiro atoms. The molecule has 7 heteroatoms. The van der Waals surface area contributed by atoms with Crippen molar-refractivity contribution in [1.29, 1.82) is 0 Å². The van der Waals surface area contributed by atoms with Gasteiger partial charge in [0.25, 0.3) is 0 Å². The summed E-state index contributed by atoms with van der Waals surface area (Å²) in [7, 11) is 0. The van der Waals surface area contributed by atoms with Crippen molar-refractivity contribution in [3.63, 3.8) is 0 Å². The summed E-state index contributed by atoms with van der Waals surface area (Å²) < 4.78 is 38.9. The Bertz CT molecular complexity index is 486. The van der Waals surface area contributed by atoms with Gasteiger partial charge in [0.2, 0.25) is 5.91 Å². The SMILES string of the molecule is Cc1cc(C(F)(F)F)nn1CC(C)C(=O)NC(C)(C)C. The predicted molar refractivity (Wildman–Crippen MR) is 69.0 cm³/mol. The zero-order valence-electron chi connectivity index (χ0n) is 12.3. The summed E-state index contributed by atoms with van der Waals surface area (Å²) in [5.74, 6) is -0.671. The van der Waals surface area contributed by atoms with E-state index in [2.05, 4.69) is 10.4 Å². The molecular weight excluding hydrogens is 271 g/mol. The number of amides is 1. The molecule has 1 aromatic heterocycles.